The summed E-state index contributed by atoms with van der Waals surface area (Å²) >= 11 is 0. The van der Waals surface area contributed by atoms with Crippen LogP contribution in [-0.4, -0.2) is 32.2 Å². The second-order valence-electron chi connectivity index (χ2n) is 4.18. The summed E-state index contributed by atoms with van der Waals surface area (Å²) in [7, 11) is 0. The topological polar surface area (TPSA) is 21.3 Å². The minimum Gasteiger partial charge on any atom is -0.375 e. The maximum absolute atomic E-state index is 11.8. The first-order valence-electron chi connectivity index (χ1n) is 6.21. The van der Waals surface area contributed by atoms with E-state index in [0.29, 0.717) is 18.6 Å². The summed E-state index contributed by atoms with van der Waals surface area (Å²) in [6.45, 7) is 7.30. The van der Waals surface area contributed by atoms with Crippen LogP contribution in [0.4, 0.5) is 8.78 Å². The van der Waals surface area contributed by atoms with Crippen LogP contribution in [0.1, 0.15) is 40.0 Å². The molecule has 1 N–H and O–H groups in total. The molecule has 0 saturated heterocycles. The third-order valence-electron chi connectivity index (χ3n) is 2.71. The highest BCUT2D eigenvalue weighted by Gasteiger charge is 2.15. The minimum absolute atomic E-state index is 0.377. The molecule has 2 nitrogen and oxygen atoms in total. The first-order chi connectivity index (χ1) is 7.61. The van der Waals surface area contributed by atoms with E-state index < -0.39 is 13.0 Å². The zero-order valence-electron chi connectivity index (χ0n) is 10.6. The number of halogens is 2. The molecule has 0 heterocycles. The predicted molar refractivity (Wildman–Crippen MR) is 63.0 cm³/mol. The quantitative estimate of drug-likeness (QED) is 0.590. The van der Waals surface area contributed by atoms with Crippen molar-refractivity contribution < 1.29 is 13.5 Å². The Bertz CT molecular complexity index is 156. The Morgan fingerprint density at radius 1 is 1.19 bits per heavy atom. The van der Waals surface area contributed by atoms with E-state index in [1.54, 1.807) is 0 Å². The summed E-state index contributed by atoms with van der Waals surface area (Å²) in [5.41, 5.74) is 0. The Morgan fingerprint density at radius 2 is 1.88 bits per heavy atom. The van der Waals surface area contributed by atoms with Crippen LogP contribution in [0, 0.1) is 5.92 Å². The van der Waals surface area contributed by atoms with Gasteiger partial charge in [-0.05, 0) is 25.3 Å². The van der Waals surface area contributed by atoms with Crippen molar-refractivity contribution in [2.75, 3.05) is 19.8 Å². The molecule has 0 rings (SSSR count). The van der Waals surface area contributed by atoms with Gasteiger partial charge in [0, 0.05) is 12.6 Å². The fraction of sp³-hybridized carbons (Fsp3) is 1.00. The molecule has 0 aromatic carbocycles. The molecule has 0 aromatic rings. The number of nitrogens with one attached hydrogen (secondary N) is 1. The number of rotatable bonds is 10. The third-order valence-corrected chi connectivity index (χ3v) is 2.71. The van der Waals surface area contributed by atoms with Crippen LogP contribution in [0.5, 0.6) is 0 Å². The first-order valence-corrected chi connectivity index (χ1v) is 6.21. The Morgan fingerprint density at radius 3 is 2.38 bits per heavy atom. The summed E-state index contributed by atoms with van der Waals surface area (Å²) in [6, 6.07) is 0.377. The van der Waals surface area contributed by atoms with Crippen molar-refractivity contribution in [3.63, 3.8) is 0 Å². The first kappa shape index (κ1) is 15.8. The van der Waals surface area contributed by atoms with Gasteiger partial charge in [0.1, 0.15) is 6.61 Å². The molecule has 2 unspecified atom stereocenters. The highest BCUT2D eigenvalue weighted by atomic mass is 19.3. The second kappa shape index (κ2) is 9.97. The summed E-state index contributed by atoms with van der Waals surface area (Å²) in [6.07, 6.45) is 0.764. The van der Waals surface area contributed by atoms with E-state index in [4.69, 9.17) is 4.74 Å². The van der Waals surface area contributed by atoms with Gasteiger partial charge in [-0.15, -0.1) is 0 Å². The van der Waals surface area contributed by atoms with Gasteiger partial charge in [0.15, 0.2) is 0 Å². The molecule has 0 spiro atoms. The normalized spacial score (nSPS) is 15.4. The van der Waals surface area contributed by atoms with Gasteiger partial charge in [0.05, 0.1) is 0 Å². The van der Waals surface area contributed by atoms with Crippen molar-refractivity contribution in [1.82, 2.24) is 5.32 Å². The van der Waals surface area contributed by atoms with Crippen molar-refractivity contribution in [2.24, 2.45) is 5.92 Å². The fourth-order valence-electron chi connectivity index (χ4n) is 1.89. The summed E-state index contributed by atoms with van der Waals surface area (Å²) < 4.78 is 28.6. The molecule has 4 heteroatoms. The Hall–Kier alpha value is -0.220. The number of hydrogen-bond acceptors (Lipinski definition) is 2. The van der Waals surface area contributed by atoms with Gasteiger partial charge in [-0.25, -0.2) is 8.78 Å². The van der Waals surface area contributed by atoms with Crippen LogP contribution in [0.2, 0.25) is 0 Å². The van der Waals surface area contributed by atoms with Crippen molar-refractivity contribution >= 4 is 0 Å². The molecule has 0 aromatic heterocycles. The monoisotopic (exact) mass is 237 g/mol. The SMILES string of the molecule is CCCC(C)C(CCOCC(F)F)NCC. The molecule has 0 radical (unpaired) electrons. The van der Waals surface area contributed by atoms with Crippen LogP contribution in [0.25, 0.3) is 0 Å². The molecule has 2 atom stereocenters. The summed E-state index contributed by atoms with van der Waals surface area (Å²) in [5, 5.41) is 3.39. The van der Waals surface area contributed by atoms with Gasteiger partial charge in [0.25, 0.3) is 6.43 Å². The van der Waals surface area contributed by atoms with Crippen LogP contribution in [0.3, 0.4) is 0 Å². The van der Waals surface area contributed by atoms with Crippen LogP contribution < -0.4 is 5.32 Å². The van der Waals surface area contributed by atoms with E-state index in [0.717, 1.165) is 25.8 Å². The molecule has 16 heavy (non-hydrogen) atoms. The standard InChI is InChI=1S/C12H25F2NO/c1-4-6-10(3)11(15-5-2)7-8-16-9-12(13)14/h10-12,15H,4-9H2,1-3H3. The van der Waals surface area contributed by atoms with E-state index in [1.165, 1.54) is 0 Å². The molecule has 0 bridgehead atoms. The van der Waals surface area contributed by atoms with Crippen molar-refractivity contribution in [3.8, 4) is 0 Å². The average Bonchev–Trinajstić information content (AvgIpc) is 2.22. The lowest BCUT2D eigenvalue weighted by Crippen LogP contribution is -2.36. The number of ether oxygens (including phenoxy) is 1. The largest absolute Gasteiger partial charge is 0.375 e. The fourth-order valence-corrected chi connectivity index (χ4v) is 1.89. The van der Waals surface area contributed by atoms with Crippen molar-refractivity contribution in [1.29, 1.82) is 0 Å². The van der Waals surface area contributed by atoms with Crippen LogP contribution >= 0.6 is 0 Å². The van der Waals surface area contributed by atoms with Crippen molar-refractivity contribution in [3.05, 3.63) is 0 Å². The summed E-state index contributed by atoms with van der Waals surface area (Å²) in [4.78, 5) is 0. The van der Waals surface area contributed by atoms with E-state index >= 15 is 0 Å². The molecule has 0 aliphatic rings. The molecule has 98 valence electrons. The lowest BCUT2D eigenvalue weighted by atomic mass is 9.94. The Labute approximate surface area is 97.7 Å². The maximum Gasteiger partial charge on any atom is 0.261 e. The Balaban J connectivity index is 3.75. The summed E-state index contributed by atoms with van der Waals surface area (Å²) in [5.74, 6) is 0.570. The van der Waals surface area contributed by atoms with Gasteiger partial charge in [-0.1, -0.05) is 27.2 Å². The van der Waals surface area contributed by atoms with E-state index in [-0.39, 0.29) is 0 Å². The zero-order valence-corrected chi connectivity index (χ0v) is 10.6. The number of hydrogen-bond donors (Lipinski definition) is 1. The zero-order chi connectivity index (χ0) is 12.4. The smallest absolute Gasteiger partial charge is 0.261 e. The molecule has 0 amide bonds. The van der Waals surface area contributed by atoms with Gasteiger partial charge >= 0.3 is 0 Å². The van der Waals surface area contributed by atoms with Crippen LogP contribution in [0.15, 0.2) is 0 Å². The van der Waals surface area contributed by atoms with Crippen molar-refractivity contribution in [2.45, 2.75) is 52.5 Å². The molecule has 0 saturated carbocycles. The molecule has 0 aliphatic carbocycles. The van der Waals surface area contributed by atoms with E-state index in [9.17, 15) is 8.78 Å². The Kier molecular flexibility index (Phi) is 9.83. The second-order valence-corrected chi connectivity index (χ2v) is 4.18. The maximum atomic E-state index is 11.8. The average molecular weight is 237 g/mol. The lowest BCUT2D eigenvalue weighted by Gasteiger charge is -2.24. The third kappa shape index (κ3) is 7.99. The van der Waals surface area contributed by atoms with Gasteiger partial charge in [0.2, 0.25) is 0 Å². The molecule has 0 aliphatic heterocycles. The van der Waals surface area contributed by atoms with E-state index in [2.05, 4.69) is 26.1 Å². The van der Waals surface area contributed by atoms with Gasteiger partial charge in [-0.2, -0.15) is 0 Å². The lowest BCUT2D eigenvalue weighted by molar-refractivity contribution is 0.0129. The molecule has 0 fully saturated rings. The van der Waals surface area contributed by atoms with Gasteiger partial charge < -0.3 is 10.1 Å². The molecular formula is C12H25F2NO. The van der Waals surface area contributed by atoms with Gasteiger partial charge in [-0.3, -0.25) is 0 Å². The van der Waals surface area contributed by atoms with Crippen LogP contribution in [-0.2, 0) is 4.74 Å². The predicted octanol–water partition coefficient (Wildman–Crippen LogP) is 3.07. The minimum atomic E-state index is -2.36. The van der Waals surface area contributed by atoms with E-state index in [1.807, 2.05) is 0 Å². The molecular weight excluding hydrogens is 212 g/mol. The highest BCUT2D eigenvalue weighted by molar-refractivity contribution is 4.72. The highest BCUT2D eigenvalue weighted by Crippen LogP contribution is 2.13. The number of alkyl halides is 2.